The first-order valence-corrected chi connectivity index (χ1v) is 4.46. The topological polar surface area (TPSA) is 74.6 Å². The van der Waals surface area contributed by atoms with Crippen molar-refractivity contribution in [2.75, 3.05) is 0 Å². The minimum Gasteiger partial charge on any atom is -0.479 e. The molecule has 1 unspecified atom stereocenters. The van der Waals surface area contributed by atoms with Crippen LogP contribution in [0.5, 0.6) is 0 Å². The summed E-state index contributed by atoms with van der Waals surface area (Å²) < 4.78 is 0. The molecule has 1 rings (SSSR count). The van der Waals surface area contributed by atoms with Gasteiger partial charge in [0, 0.05) is 12.8 Å². The third kappa shape index (κ3) is 7.46. The van der Waals surface area contributed by atoms with Crippen LogP contribution in [0.1, 0.15) is 39.0 Å². The van der Waals surface area contributed by atoms with Gasteiger partial charge >= 0.3 is 5.97 Å². The number of rotatable bonds is 1. The van der Waals surface area contributed by atoms with Crippen LogP contribution in [-0.4, -0.2) is 28.1 Å². The Morgan fingerprint density at radius 3 is 1.85 bits per heavy atom. The standard InChI is InChI=1S/C6H10O.C3H6O3/c7-6-4-2-1-3-5-6;1-2(4)3(5)6/h1-5H2;2,4H,1H3,(H,5,6). The first-order chi connectivity index (χ1) is 6.04. The van der Waals surface area contributed by atoms with Gasteiger partial charge in [-0.25, -0.2) is 4.79 Å². The summed E-state index contributed by atoms with van der Waals surface area (Å²) in [6.07, 6.45) is 4.01. The fourth-order valence-corrected chi connectivity index (χ4v) is 0.946. The number of aliphatic hydroxyl groups excluding tert-OH is 1. The minimum atomic E-state index is -1.23. The number of aliphatic carboxylic acids is 1. The zero-order valence-corrected chi connectivity index (χ0v) is 7.82. The predicted octanol–water partition coefficient (Wildman–Crippen LogP) is 0.971. The zero-order valence-electron chi connectivity index (χ0n) is 7.82. The van der Waals surface area contributed by atoms with E-state index in [1.807, 2.05) is 0 Å². The van der Waals surface area contributed by atoms with E-state index in [0.29, 0.717) is 5.78 Å². The quantitative estimate of drug-likeness (QED) is 0.643. The highest BCUT2D eigenvalue weighted by Gasteiger charge is 2.06. The van der Waals surface area contributed by atoms with Crippen molar-refractivity contribution in [1.29, 1.82) is 0 Å². The van der Waals surface area contributed by atoms with E-state index in [1.54, 1.807) is 0 Å². The molecule has 4 nitrogen and oxygen atoms in total. The summed E-state index contributed by atoms with van der Waals surface area (Å²) in [6, 6.07) is 0. The number of carboxylic acids is 1. The second-order valence-corrected chi connectivity index (χ2v) is 3.11. The molecule has 76 valence electrons. The van der Waals surface area contributed by atoms with Gasteiger partial charge in [0.25, 0.3) is 0 Å². The average molecular weight is 188 g/mol. The van der Waals surface area contributed by atoms with Crippen LogP contribution in [0, 0.1) is 0 Å². The van der Waals surface area contributed by atoms with E-state index in [4.69, 9.17) is 10.2 Å². The minimum absolute atomic E-state index is 0.464. The highest BCUT2D eigenvalue weighted by Crippen LogP contribution is 2.12. The van der Waals surface area contributed by atoms with Crippen molar-refractivity contribution in [2.45, 2.75) is 45.1 Å². The van der Waals surface area contributed by atoms with Crippen LogP contribution in [-0.2, 0) is 9.59 Å². The third-order valence-electron chi connectivity index (χ3n) is 1.77. The third-order valence-corrected chi connectivity index (χ3v) is 1.77. The number of carbonyl (C=O) groups is 2. The summed E-state index contributed by atoms with van der Waals surface area (Å²) in [6.45, 7) is 1.20. The number of hydrogen-bond donors (Lipinski definition) is 2. The van der Waals surface area contributed by atoms with Crippen molar-refractivity contribution in [3.05, 3.63) is 0 Å². The molecule has 0 spiro atoms. The van der Waals surface area contributed by atoms with Crippen molar-refractivity contribution in [3.8, 4) is 0 Å². The van der Waals surface area contributed by atoms with E-state index in [0.717, 1.165) is 25.7 Å². The maximum Gasteiger partial charge on any atom is 0.332 e. The molecular formula is C9H16O4. The molecule has 0 saturated heterocycles. The molecule has 1 atom stereocenters. The maximum atomic E-state index is 10.5. The first-order valence-electron chi connectivity index (χ1n) is 4.46. The largest absolute Gasteiger partial charge is 0.479 e. The molecule has 0 radical (unpaired) electrons. The highest BCUT2D eigenvalue weighted by atomic mass is 16.4. The second kappa shape index (κ2) is 6.60. The molecule has 0 heterocycles. The molecule has 0 bridgehead atoms. The van der Waals surface area contributed by atoms with Crippen LogP contribution in [0.4, 0.5) is 0 Å². The lowest BCUT2D eigenvalue weighted by Gasteiger charge is -2.05. The molecule has 0 amide bonds. The van der Waals surface area contributed by atoms with Gasteiger partial charge in [-0.05, 0) is 19.8 Å². The van der Waals surface area contributed by atoms with Crippen LogP contribution in [0.3, 0.4) is 0 Å². The van der Waals surface area contributed by atoms with Gasteiger partial charge in [-0.3, -0.25) is 4.79 Å². The number of carboxylic acid groups (broad SMARTS) is 1. The molecular weight excluding hydrogens is 172 g/mol. The van der Waals surface area contributed by atoms with Gasteiger partial charge in [0.2, 0.25) is 0 Å². The molecule has 2 N–H and O–H groups in total. The first kappa shape index (κ1) is 12.1. The Morgan fingerprint density at radius 1 is 1.31 bits per heavy atom. The molecule has 1 aliphatic rings. The average Bonchev–Trinajstić information content (AvgIpc) is 2.06. The van der Waals surface area contributed by atoms with Gasteiger partial charge in [-0.15, -0.1) is 0 Å². The number of ketones is 1. The van der Waals surface area contributed by atoms with Gasteiger partial charge in [0.05, 0.1) is 0 Å². The fourth-order valence-electron chi connectivity index (χ4n) is 0.946. The Hall–Kier alpha value is -0.900. The summed E-state index contributed by atoms with van der Waals surface area (Å²) >= 11 is 0. The van der Waals surface area contributed by atoms with Crippen molar-refractivity contribution < 1.29 is 19.8 Å². The number of hydrogen-bond acceptors (Lipinski definition) is 3. The van der Waals surface area contributed by atoms with Crippen LogP contribution >= 0.6 is 0 Å². The molecule has 1 saturated carbocycles. The van der Waals surface area contributed by atoms with Crippen LogP contribution < -0.4 is 0 Å². The van der Waals surface area contributed by atoms with Crippen LogP contribution in [0.15, 0.2) is 0 Å². The van der Waals surface area contributed by atoms with Crippen molar-refractivity contribution in [3.63, 3.8) is 0 Å². The van der Waals surface area contributed by atoms with E-state index < -0.39 is 12.1 Å². The second-order valence-electron chi connectivity index (χ2n) is 3.11. The molecule has 0 aromatic rings. The maximum absolute atomic E-state index is 10.5. The normalized spacial score (nSPS) is 18.5. The number of aliphatic hydroxyl groups is 1. The van der Waals surface area contributed by atoms with Gasteiger partial charge in [-0.2, -0.15) is 0 Å². The van der Waals surface area contributed by atoms with Gasteiger partial charge in [-0.1, -0.05) is 6.42 Å². The Kier molecular flexibility index (Phi) is 6.14. The monoisotopic (exact) mass is 188 g/mol. The van der Waals surface area contributed by atoms with E-state index in [-0.39, 0.29) is 0 Å². The highest BCUT2D eigenvalue weighted by molar-refractivity contribution is 5.78. The van der Waals surface area contributed by atoms with E-state index in [1.165, 1.54) is 13.3 Å². The summed E-state index contributed by atoms with van der Waals surface area (Å²) in [7, 11) is 0. The Morgan fingerprint density at radius 2 is 1.69 bits per heavy atom. The fraction of sp³-hybridized carbons (Fsp3) is 0.778. The lowest BCUT2D eigenvalue weighted by molar-refractivity contribution is -0.145. The van der Waals surface area contributed by atoms with E-state index in [9.17, 15) is 9.59 Å². The van der Waals surface area contributed by atoms with E-state index in [2.05, 4.69) is 0 Å². The summed E-state index contributed by atoms with van der Waals surface area (Å²) in [5.74, 6) is -0.721. The molecule has 0 aromatic carbocycles. The van der Waals surface area contributed by atoms with Crippen molar-refractivity contribution >= 4 is 11.8 Å². The smallest absolute Gasteiger partial charge is 0.332 e. The van der Waals surface area contributed by atoms with Gasteiger partial charge in [0.1, 0.15) is 11.9 Å². The zero-order chi connectivity index (χ0) is 10.3. The Balaban J connectivity index is 0.000000226. The number of carbonyl (C=O) groups excluding carboxylic acids is 1. The molecule has 1 fully saturated rings. The summed E-state index contributed by atoms with van der Waals surface area (Å²) in [5.41, 5.74) is 0. The van der Waals surface area contributed by atoms with Gasteiger partial charge < -0.3 is 10.2 Å². The van der Waals surface area contributed by atoms with Crippen LogP contribution in [0.25, 0.3) is 0 Å². The molecule has 1 aliphatic carbocycles. The summed E-state index contributed by atoms with van der Waals surface area (Å²) in [4.78, 5) is 19.9. The SMILES string of the molecule is CC(O)C(=O)O.O=C1CCCCC1. The van der Waals surface area contributed by atoms with Crippen molar-refractivity contribution in [1.82, 2.24) is 0 Å². The van der Waals surface area contributed by atoms with Gasteiger partial charge in [0.15, 0.2) is 0 Å². The lowest BCUT2D eigenvalue weighted by Crippen LogP contribution is -2.13. The number of Topliss-reactive ketones (excluding diaryl/α,β-unsaturated/α-hetero) is 1. The Labute approximate surface area is 77.6 Å². The molecule has 4 heteroatoms. The Bertz CT molecular complexity index is 166. The summed E-state index contributed by atoms with van der Waals surface area (Å²) in [5, 5.41) is 15.8. The van der Waals surface area contributed by atoms with Crippen LogP contribution in [0.2, 0.25) is 0 Å². The molecule has 0 aromatic heterocycles. The molecule has 13 heavy (non-hydrogen) atoms. The predicted molar refractivity (Wildman–Crippen MR) is 47.4 cm³/mol. The lowest BCUT2D eigenvalue weighted by atomic mass is 10.00. The molecule has 0 aliphatic heterocycles. The van der Waals surface area contributed by atoms with E-state index >= 15 is 0 Å². The van der Waals surface area contributed by atoms with Crippen molar-refractivity contribution in [2.24, 2.45) is 0 Å².